The molecule has 0 spiro atoms. The number of halogens is 1. The number of aliphatic hydroxyl groups is 1. The maximum absolute atomic E-state index is 13.4. The third-order valence-corrected chi connectivity index (χ3v) is 6.08. The van der Waals surface area contributed by atoms with E-state index < -0.39 is 28.6 Å². The molecule has 0 bridgehead atoms. The van der Waals surface area contributed by atoms with Crippen LogP contribution in [0.15, 0.2) is 71.2 Å². The molecule has 1 atom stereocenters. The highest BCUT2D eigenvalue weighted by atomic mass is 79.9. The Morgan fingerprint density at radius 1 is 1.15 bits per heavy atom. The van der Waals surface area contributed by atoms with Crippen molar-refractivity contribution in [3.05, 3.63) is 98.0 Å². The second kappa shape index (κ2) is 8.76. The van der Waals surface area contributed by atoms with Gasteiger partial charge in [-0.3, -0.25) is 19.7 Å². The molecule has 0 radical (unpaired) electrons. The Bertz CT molecular complexity index is 1260. The van der Waals surface area contributed by atoms with Gasteiger partial charge in [-0.15, -0.1) is 0 Å². The highest BCUT2D eigenvalue weighted by Gasteiger charge is 2.51. The molecule has 0 saturated carbocycles. The molecule has 8 nitrogen and oxygen atoms in total. The van der Waals surface area contributed by atoms with Gasteiger partial charge in [-0.05, 0) is 35.9 Å². The number of Topliss-reactive ketones (excluding diaryl/α,β-unsaturated/α-hetero) is 1. The van der Waals surface area contributed by atoms with Crippen LogP contribution in [0, 0.1) is 10.1 Å². The fourth-order valence-electron chi connectivity index (χ4n) is 3.96. The number of amides is 1. The number of fused-ring (bicyclic) bond motifs is 1. The Morgan fingerprint density at radius 2 is 1.88 bits per heavy atom. The van der Waals surface area contributed by atoms with Gasteiger partial charge in [0, 0.05) is 21.7 Å². The van der Waals surface area contributed by atoms with Crippen LogP contribution in [0.3, 0.4) is 0 Å². The summed E-state index contributed by atoms with van der Waals surface area (Å²) in [6.45, 7) is 0.221. The first-order valence-corrected chi connectivity index (χ1v) is 10.8. The van der Waals surface area contributed by atoms with E-state index in [1.807, 2.05) is 30.3 Å². The number of hydrogen-bond acceptors (Lipinski definition) is 6. The van der Waals surface area contributed by atoms with Crippen molar-refractivity contribution >= 4 is 39.0 Å². The summed E-state index contributed by atoms with van der Waals surface area (Å²) >= 11 is 3.36. The van der Waals surface area contributed by atoms with Crippen LogP contribution in [0.4, 0.5) is 11.4 Å². The van der Waals surface area contributed by atoms with E-state index in [-0.39, 0.29) is 23.5 Å². The number of rotatable bonds is 7. The zero-order chi connectivity index (χ0) is 23.8. The number of carbonyl (C=O) groups excluding carboxylic acids is 2. The van der Waals surface area contributed by atoms with E-state index in [9.17, 15) is 24.8 Å². The SMILES string of the molecule is COc1ccc(C(=O)CC2(O)C(=O)N(Cc3ccccc3)c3ccc(Br)cc32)cc1[N+](=O)[O-]. The smallest absolute Gasteiger partial charge is 0.311 e. The summed E-state index contributed by atoms with van der Waals surface area (Å²) in [5, 5.41) is 22.8. The molecule has 1 N–H and O–H groups in total. The van der Waals surface area contributed by atoms with Crippen LogP contribution in [-0.2, 0) is 16.9 Å². The van der Waals surface area contributed by atoms with Gasteiger partial charge in [0.25, 0.3) is 5.91 Å². The largest absolute Gasteiger partial charge is 0.490 e. The van der Waals surface area contributed by atoms with Crippen LogP contribution in [0.25, 0.3) is 0 Å². The van der Waals surface area contributed by atoms with Gasteiger partial charge in [0.15, 0.2) is 17.1 Å². The molecular weight excluding hydrogens is 492 g/mol. The lowest BCUT2D eigenvalue weighted by Gasteiger charge is -2.23. The molecule has 33 heavy (non-hydrogen) atoms. The number of nitro groups is 1. The molecule has 0 aromatic heterocycles. The average Bonchev–Trinajstić information content (AvgIpc) is 3.00. The number of anilines is 1. The third kappa shape index (κ3) is 4.12. The number of nitro benzene ring substituents is 1. The minimum atomic E-state index is -2.11. The number of hydrogen-bond donors (Lipinski definition) is 1. The lowest BCUT2D eigenvalue weighted by atomic mass is 9.88. The first kappa shape index (κ1) is 22.6. The molecule has 1 amide bonds. The summed E-state index contributed by atoms with van der Waals surface area (Å²) in [5.41, 5.74) is -0.818. The number of carbonyl (C=O) groups is 2. The number of ether oxygens (including phenoxy) is 1. The Kier molecular flexibility index (Phi) is 6.01. The predicted molar refractivity (Wildman–Crippen MR) is 124 cm³/mol. The zero-order valence-electron chi connectivity index (χ0n) is 17.5. The minimum absolute atomic E-state index is 0.00165. The lowest BCUT2D eigenvalue weighted by Crippen LogP contribution is -2.41. The normalized spacial score (nSPS) is 17.1. The van der Waals surface area contributed by atoms with Gasteiger partial charge in [-0.2, -0.15) is 0 Å². The van der Waals surface area contributed by atoms with E-state index in [1.54, 1.807) is 18.2 Å². The first-order valence-electron chi connectivity index (χ1n) is 9.98. The summed E-state index contributed by atoms with van der Waals surface area (Å²) in [6, 6.07) is 18.2. The van der Waals surface area contributed by atoms with Gasteiger partial charge in [-0.25, -0.2) is 0 Å². The van der Waals surface area contributed by atoms with Crippen molar-refractivity contribution < 1.29 is 24.4 Å². The molecule has 3 aromatic carbocycles. The number of benzene rings is 3. The molecule has 3 aromatic rings. The Labute approximate surface area is 197 Å². The summed E-state index contributed by atoms with van der Waals surface area (Å²) < 4.78 is 5.61. The van der Waals surface area contributed by atoms with Gasteiger partial charge in [0.2, 0.25) is 0 Å². The molecule has 1 aliphatic rings. The Hall–Kier alpha value is -3.56. The van der Waals surface area contributed by atoms with Crippen LogP contribution in [0.5, 0.6) is 5.75 Å². The van der Waals surface area contributed by atoms with Crippen molar-refractivity contribution in [2.24, 2.45) is 0 Å². The average molecular weight is 511 g/mol. The Balaban J connectivity index is 1.70. The number of ketones is 1. The van der Waals surface area contributed by atoms with Gasteiger partial charge in [-0.1, -0.05) is 46.3 Å². The molecule has 1 unspecified atom stereocenters. The van der Waals surface area contributed by atoms with E-state index in [2.05, 4.69) is 15.9 Å². The Morgan fingerprint density at radius 3 is 2.55 bits per heavy atom. The maximum atomic E-state index is 13.4. The molecule has 1 heterocycles. The van der Waals surface area contributed by atoms with E-state index in [0.717, 1.165) is 11.6 Å². The summed E-state index contributed by atoms with van der Waals surface area (Å²) in [6.07, 6.45) is -0.565. The first-order chi connectivity index (χ1) is 15.7. The standard InChI is InChI=1S/C24H19BrN2O6/c1-33-22-10-7-16(11-20(22)27(31)32)21(28)13-24(30)18-12-17(25)8-9-19(18)26(23(24)29)14-15-5-3-2-4-6-15/h2-12,30H,13-14H2,1H3. The van der Waals surface area contributed by atoms with E-state index in [4.69, 9.17) is 4.74 Å². The highest BCUT2D eigenvalue weighted by molar-refractivity contribution is 9.10. The summed E-state index contributed by atoms with van der Waals surface area (Å²) in [4.78, 5) is 38.6. The molecule has 0 fully saturated rings. The van der Waals surface area contributed by atoms with Crippen molar-refractivity contribution in [1.29, 1.82) is 0 Å². The third-order valence-electron chi connectivity index (χ3n) is 5.59. The molecule has 1 aliphatic heterocycles. The minimum Gasteiger partial charge on any atom is -0.490 e. The fraction of sp³-hybridized carbons (Fsp3) is 0.167. The van der Waals surface area contributed by atoms with E-state index >= 15 is 0 Å². The van der Waals surface area contributed by atoms with Crippen molar-refractivity contribution in [2.75, 3.05) is 12.0 Å². The second-order valence-corrected chi connectivity index (χ2v) is 8.56. The van der Waals surface area contributed by atoms with Crippen LogP contribution >= 0.6 is 15.9 Å². The highest BCUT2D eigenvalue weighted by Crippen LogP contribution is 2.45. The lowest BCUT2D eigenvalue weighted by molar-refractivity contribution is -0.385. The van der Waals surface area contributed by atoms with E-state index in [1.165, 1.54) is 24.1 Å². The predicted octanol–water partition coefficient (Wildman–Crippen LogP) is 4.37. The fourth-order valence-corrected chi connectivity index (χ4v) is 4.32. The van der Waals surface area contributed by atoms with Gasteiger partial charge >= 0.3 is 5.69 Å². The van der Waals surface area contributed by atoms with Crippen LogP contribution in [0.2, 0.25) is 0 Å². The molecule has 9 heteroatoms. The quantitative estimate of drug-likeness (QED) is 0.287. The van der Waals surface area contributed by atoms with Gasteiger partial charge < -0.3 is 14.7 Å². The summed E-state index contributed by atoms with van der Waals surface area (Å²) in [5.74, 6) is -1.23. The number of nitrogens with zero attached hydrogens (tertiary/aromatic N) is 2. The molecular formula is C24H19BrN2O6. The summed E-state index contributed by atoms with van der Waals surface area (Å²) in [7, 11) is 1.29. The van der Waals surface area contributed by atoms with Crippen molar-refractivity contribution in [2.45, 2.75) is 18.6 Å². The van der Waals surface area contributed by atoms with Crippen molar-refractivity contribution in [3.8, 4) is 5.75 Å². The second-order valence-electron chi connectivity index (χ2n) is 7.64. The monoisotopic (exact) mass is 510 g/mol. The van der Waals surface area contributed by atoms with Crippen molar-refractivity contribution in [3.63, 3.8) is 0 Å². The molecule has 0 saturated heterocycles. The topological polar surface area (TPSA) is 110 Å². The molecule has 4 rings (SSSR count). The maximum Gasteiger partial charge on any atom is 0.311 e. The van der Waals surface area contributed by atoms with Crippen molar-refractivity contribution in [1.82, 2.24) is 0 Å². The van der Waals surface area contributed by atoms with Crippen LogP contribution < -0.4 is 9.64 Å². The van der Waals surface area contributed by atoms with Gasteiger partial charge in [0.1, 0.15) is 0 Å². The molecule has 0 aliphatic carbocycles. The zero-order valence-corrected chi connectivity index (χ0v) is 19.1. The van der Waals surface area contributed by atoms with Gasteiger partial charge in [0.05, 0.1) is 30.7 Å². The van der Waals surface area contributed by atoms with Crippen LogP contribution in [-0.4, -0.2) is 28.8 Å². The molecule has 168 valence electrons. The van der Waals surface area contributed by atoms with E-state index in [0.29, 0.717) is 15.7 Å². The van der Waals surface area contributed by atoms with Crippen LogP contribution in [0.1, 0.15) is 27.9 Å². The number of methoxy groups -OCH3 is 1.